The number of aryl methyl sites for hydroxylation is 1. The molecule has 0 bridgehead atoms. The first-order chi connectivity index (χ1) is 13.4. The molecule has 0 atom stereocenters. The predicted molar refractivity (Wildman–Crippen MR) is 112 cm³/mol. The molecule has 3 rings (SSSR count). The summed E-state index contributed by atoms with van der Waals surface area (Å²) in [7, 11) is -2.15. The average molecular weight is 422 g/mol. The van der Waals surface area contributed by atoms with Gasteiger partial charge in [-0.25, -0.2) is 8.42 Å². The van der Waals surface area contributed by atoms with Crippen molar-refractivity contribution in [2.45, 2.75) is 36.6 Å². The zero-order valence-electron chi connectivity index (χ0n) is 16.3. The number of carbonyl (C=O) groups is 1. The second kappa shape index (κ2) is 9.17. The maximum absolute atomic E-state index is 12.4. The average Bonchev–Trinajstić information content (AvgIpc) is 3.20. The highest BCUT2D eigenvalue weighted by Crippen LogP contribution is 2.20. The molecule has 1 aliphatic rings. The van der Waals surface area contributed by atoms with Gasteiger partial charge in [0.15, 0.2) is 0 Å². The lowest BCUT2D eigenvalue weighted by atomic mass is 10.0. The van der Waals surface area contributed by atoms with Crippen molar-refractivity contribution in [1.82, 2.24) is 14.5 Å². The molecule has 2 aromatic rings. The zero-order chi connectivity index (χ0) is 20.1. The topological polar surface area (TPSA) is 69.7 Å². The van der Waals surface area contributed by atoms with Crippen molar-refractivity contribution in [2.24, 2.45) is 0 Å². The normalized spacial score (nSPS) is 16.4. The Balaban J connectivity index is 1.45. The molecule has 1 N–H and O–H groups in total. The van der Waals surface area contributed by atoms with E-state index in [0.717, 1.165) is 48.1 Å². The van der Waals surface area contributed by atoms with Crippen molar-refractivity contribution in [3.05, 3.63) is 52.9 Å². The summed E-state index contributed by atoms with van der Waals surface area (Å²) in [6.07, 6.45) is 1.75. The van der Waals surface area contributed by atoms with Crippen molar-refractivity contribution in [2.75, 3.05) is 26.7 Å². The fourth-order valence-corrected chi connectivity index (χ4v) is 5.72. The number of thiophene rings is 1. The largest absolute Gasteiger partial charge is 0.352 e. The van der Waals surface area contributed by atoms with Gasteiger partial charge in [0, 0.05) is 32.7 Å². The van der Waals surface area contributed by atoms with Crippen LogP contribution in [0.15, 0.2) is 46.0 Å². The zero-order valence-corrected chi connectivity index (χ0v) is 17.9. The summed E-state index contributed by atoms with van der Waals surface area (Å²) in [5.41, 5.74) is 2.64. The Morgan fingerprint density at radius 3 is 2.57 bits per heavy atom. The van der Waals surface area contributed by atoms with Gasteiger partial charge in [-0.2, -0.15) is 4.31 Å². The van der Waals surface area contributed by atoms with Gasteiger partial charge in [-0.15, -0.1) is 11.3 Å². The molecule has 2 heterocycles. The van der Waals surface area contributed by atoms with E-state index in [0.29, 0.717) is 0 Å². The number of likely N-dealkylation sites (N-methyl/N-ethyl adjacent to an activating group) is 1. The van der Waals surface area contributed by atoms with E-state index in [9.17, 15) is 13.2 Å². The Bertz CT molecular complexity index is 889. The van der Waals surface area contributed by atoms with Crippen LogP contribution in [0.2, 0.25) is 0 Å². The van der Waals surface area contributed by atoms with E-state index in [1.165, 1.54) is 18.2 Å². The smallest absolute Gasteiger partial charge is 0.252 e. The third-order valence-corrected chi connectivity index (χ3v) is 8.31. The molecule has 1 aromatic heterocycles. The summed E-state index contributed by atoms with van der Waals surface area (Å²) in [6.45, 7) is 4.73. The number of nitrogens with zero attached hydrogens (tertiary/aromatic N) is 2. The van der Waals surface area contributed by atoms with Crippen molar-refractivity contribution >= 4 is 27.3 Å². The van der Waals surface area contributed by atoms with Crippen molar-refractivity contribution in [3.8, 4) is 0 Å². The standard InChI is InChI=1S/C20H27N3O3S2/c1-16-6-3-4-7-17(16)14-23-11-9-18(10-12-23)21-19(24)15-22(2)28(25,26)20-8-5-13-27-20/h3-8,13,18H,9-12,14-15H2,1-2H3,(H,21,24). The Morgan fingerprint density at radius 1 is 1.21 bits per heavy atom. The molecule has 1 aliphatic heterocycles. The number of benzene rings is 1. The highest BCUT2D eigenvalue weighted by molar-refractivity contribution is 7.91. The number of hydrogen-bond donors (Lipinski definition) is 1. The predicted octanol–water partition coefficient (Wildman–Crippen LogP) is 2.46. The molecule has 1 fully saturated rings. The molecule has 1 amide bonds. The summed E-state index contributed by atoms with van der Waals surface area (Å²) in [6, 6.07) is 11.7. The van der Waals surface area contributed by atoms with Gasteiger partial charge < -0.3 is 5.32 Å². The van der Waals surface area contributed by atoms with Gasteiger partial charge >= 0.3 is 0 Å². The van der Waals surface area contributed by atoms with Crippen LogP contribution in [0.3, 0.4) is 0 Å². The molecule has 0 radical (unpaired) electrons. The molecule has 0 unspecified atom stereocenters. The van der Waals surface area contributed by atoms with E-state index >= 15 is 0 Å². The lowest BCUT2D eigenvalue weighted by Gasteiger charge is -2.33. The maximum atomic E-state index is 12.4. The van der Waals surface area contributed by atoms with E-state index in [4.69, 9.17) is 0 Å². The first-order valence-corrected chi connectivity index (χ1v) is 11.7. The number of piperidine rings is 1. The molecule has 28 heavy (non-hydrogen) atoms. The molecule has 1 saturated heterocycles. The molecule has 0 aliphatic carbocycles. The molecular weight excluding hydrogens is 394 g/mol. The van der Waals surface area contributed by atoms with Crippen molar-refractivity contribution in [3.63, 3.8) is 0 Å². The molecular formula is C20H27N3O3S2. The van der Waals surface area contributed by atoms with Crippen LogP contribution in [-0.2, 0) is 21.4 Å². The number of hydrogen-bond acceptors (Lipinski definition) is 5. The van der Waals surface area contributed by atoms with Gasteiger partial charge in [0.2, 0.25) is 5.91 Å². The first kappa shape index (κ1) is 21.0. The minimum absolute atomic E-state index is 0.0958. The molecule has 1 aromatic carbocycles. The van der Waals surface area contributed by atoms with Crippen LogP contribution in [-0.4, -0.2) is 56.3 Å². The third-order valence-electron chi connectivity index (χ3n) is 5.13. The van der Waals surface area contributed by atoms with Crippen LogP contribution in [0.1, 0.15) is 24.0 Å². The fourth-order valence-electron chi connectivity index (χ4n) is 3.39. The second-order valence-electron chi connectivity index (χ2n) is 7.24. The highest BCUT2D eigenvalue weighted by atomic mass is 32.2. The molecule has 0 saturated carbocycles. The van der Waals surface area contributed by atoms with E-state index < -0.39 is 10.0 Å². The van der Waals surface area contributed by atoms with Crippen molar-refractivity contribution in [1.29, 1.82) is 0 Å². The number of carbonyl (C=O) groups excluding carboxylic acids is 1. The SMILES string of the molecule is Cc1ccccc1CN1CCC(NC(=O)CN(C)S(=O)(=O)c2cccs2)CC1. The molecule has 0 spiro atoms. The van der Waals surface area contributed by atoms with Crippen LogP contribution < -0.4 is 5.32 Å². The third kappa shape index (κ3) is 5.20. The summed E-state index contributed by atoms with van der Waals surface area (Å²) < 4.78 is 26.2. The van der Waals surface area contributed by atoms with Gasteiger partial charge in [0.1, 0.15) is 4.21 Å². The Kier molecular flexibility index (Phi) is 6.87. The van der Waals surface area contributed by atoms with Crippen LogP contribution in [0.5, 0.6) is 0 Å². The lowest BCUT2D eigenvalue weighted by Crippen LogP contribution is -2.47. The van der Waals surface area contributed by atoms with E-state index in [1.807, 2.05) is 0 Å². The number of nitrogens with one attached hydrogen (secondary N) is 1. The molecule has 8 heteroatoms. The van der Waals surface area contributed by atoms with E-state index in [-0.39, 0.29) is 22.7 Å². The Morgan fingerprint density at radius 2 is 1.93 bits per heavy atom. The summed E-state index contributed by atoms with van der Waals surface area (Å²) >= 11 is 1.16. The van der Waals surface area contributed by atoms with Crippen LogP contribution in [0, 0.1) is 6.92 Å². The second-order valence-corrected chi connectivity index (χ2v) is 10.5. The first-order valence-electron chi connectivity index (χ1n) is 9.42. The Labute approximate surface area is 171 Å². The van der Waals surface area contributed by atoms with Gasteiger partial charge in [-0.1, -0.05) is 30.3 Å². The minimum Gasteiger partial charge on any atom is -0.352 e. The fraction of sp³-hybridized carbons (Fsp3) is 0.450. The van der Waals surface area contributed by atoms with Gasteiger partial charge in [0.25, 0.3) is 10.0 Å². The minimum atomic E-state index is -3.60. The van der Waals surface area contributed by atoms with E-state index in [1.54, 1.807) is 17.5 Å². The quantitative estimate of drug-likeness (QED) is 0.746. The van der Waals surface area contributed by atoms with Crippen LogP contribution >= 0.6 is 11.3 Å². The monoisotopic (exact) mass is 421 g/mol. The molecule has 152 valence electrons. The number of likely N-dealkylation sites (tertiary alicyclic amines) is 1. The highest BCUT2D eigenvalue weighted by Gasteiger charge is 2.26. The van der Waals surface area contributed by atoms with Gasteiger partial charge in [0.05, 0.1) is 6.54 Å². The summed E-state index contributed by atoms with van der Waals surface area (Å²) in [5, 5.41) is 4.71. The van der Waals surface area contributed by atoms with Crippen molar-refractivity contribution < 1.29 is 13.2 Å². The van der Waals surface area contributed by atoms with Crippen LogP contribution in [0.25, 0.3) is 0 Å². The van der Waals surface area contributed by atoms with Crippen LogP contribution in [0.4, 0.5) is 0 Å². The number of amides is 1. The number of rotatable bonds is 7. The van der Waals surface area contributed by atoms with Gasteiger partial charge in [-0.05, 0) is 42.3 Å². The summed E-state index contributed by atoms with van der Waals surface area (Å²) in [4.78, 5) is 14.7. The van der Waals surface area contributed by atoms with Gasteiger partial charge in [-0.3, -0.25) is 9.69 Å². The number of sulfonamides is 1. The lowest BCUT2D eigenvalue weighted by molar-refractivity contribution is -0.122. The summed E-state index contributed by atoms with van der Waals surface area (Å²) in [5.74, 6) is -0.250. The van der Waals surface area contributed by atoms with E-state index in [2.05, 4.69) is 41.4 Å². The maximum Gasteiger partial charge on any atom is 0.252 e. The molecule has 6 nitrogen and oxygen atoms in total. The Hall–Kier alpha value is -1.74.